The van der Waals surface area contributed by atoms with Crippen molar-refractivity contribution in [2.45, 2.75) is 30.7 Å². The van der Waals surface area contributed by atoms with E-state index in [2.05, 4.69) is 5.32 Å². The predicted molar refractivity (Wildman–Crippen MR) is 62.2 cm³/mol. The fourth-order valence-corrected chi connectivity index (χ4v) is 2.01. The van der Waals surface area contributed by atoms with Crippen LogP contribution in [0, 0.1) is 12.7 Å². The average Bonchev–Trinajstić information content (AvgIpc) is 2.24. The fourth-order valence-electron chi connectivity index (χ4n) is 1.24. The number of benzene rings is 1. The van der Waals surface area contributed by atoms with E-state index in [1.165, 1.54) is 13.8 Å². The minimum atomic E-state index is -3.12. The largest absolute Gasteiger partial charge is 0.324 e. The van der Waals surface area contributed by atoms with Gasteiger partial charge in [-0.3, -0.25) is 4.79 Å². The molecule has 0 heterocycles. The van der Waals surface area contributed by atoms with E-state index in [1.807, 2.05) is 0 Å². The number of alkyl halides is 3. The zero-order valence-electron chi connectivity index (χ0n) is 9.64. The normalized spacial score (nSPS) is 12.6. The van der Waals surface area contributed by atoms with Gasteiger partial charge in [0.15, 0.2) is 0 Å². The molecule has 0 aromatic heterocycles. The summed E-state index contributed by atoms with van der Waals surface area (Å²) < 4.78 is 50.5. The third-order valence-electron chi connectivity index (χ3n) is 2.01. The van der Waals surface area contributed by atoms with E-state index in [-0.39, 0.29) is 10.6 Å². The van der Waals surface area contributed by atoms with E-state index >= 15 is 0 Å². The molecule has 1 atom stereocenters. The van der Waals surface area contributed by atoms with Crippen LogP contribution in [0.2, 0.25) is 0 Å². The predicted octanol–water partition coefficient (Wildman–Crippen LogP) is 3.75. The van der Waals surface area contributed by atoms with Crippen molar-refractivity contribution in [3.8, 4) is 0 Å². The maximum absolute atomic E-state index is 13.4. The van der Waals surface area contributed by atoms with Crippen molar-refractivity contribution in [1.82, 2.24) is 0 Å². The lowest BCUT2D eigenvalue weighted by Gasteiger charge is -2.12. The Morgan fingerprint density at radius 1 is 1.33 bits per heavy atom. The molecule has 0 saturated carbocycles. The first-order valence-electron chi connectivity index (χ1n) is 4.98. The van der Waals surface area contributed by atoms with E-state index in [9.17, 15) is 22.4 Å². The number of nitrogens with one attached hydrogen (secondary N) is 1. The van der Waals surface area contributed by atoms with E-state index in [0.29, 0.717) is 17.3 Å². The molecule has 1 unspecified atom stereocenters. The van der Waals surface area contributed by atoms with Crippen molar-refractivity contribution < 1.29 is 22.4 Å². The molecule has 0 aliphatic rings. The molecule has 18 heavy (non-hydrogen) atoms. The molecule has 7 heteroatoms. The van der Waals surface area contributed by atoms with Crippen molar-refractivity contribution >= 4 is 23.4 Å². The van der Waals surface area contributed by atoms with Crippen molar-refractivity contribution in [3.05, 3.63) is 23.5 Å². The van der Waals surface area contributed by atoms with Crippen LogP contribution in [-0.4, -0.2) is 17.8 Å². The molecule has 0 aliphatic heterocycles. The first-order valence-corrected chi connectivity index (χ1v) is 5.86. The zero-order valence-corrected chi connectivity index (χ0v) is 10.5. The van der Waals surface area contributed by atoms with Crippen LogP contribution in [0.3, 0.4) is 0 Å². The lowest BCUT2D eigenvalue weighted by atomic mass is 10.2. The van der Waals surface area contributed by atoms with Gasteiger partial charge < -0.3 is 5.32 Å². The number of carbonyl (C=O) groups is 1. The Morgan fingerprint density at radius 3 is 2.44 bits per heavy atom. The molecule has 0 spiro atoms. The summed E-state index contributed by atoms with van der Waals surface area (Å²) in [5, 5.41) is 2.21. The monoisotopic (exact) mass is 281 g/mol. The third kappa shape index (κ3) is 3.90. The first kappa shape index (κ1) is 14.8. The Hall–Kier alpha value is -1.24. The van der Waals surface area contributed by atoms with Gasteiger partial charge in [0.05, 0.1) is 5.69 Å². The maximum atomic E-state index is 13.4. The van der Waals surface area contributed by atoms with Gasteiger partial charge in [0.25, 0.3) is 6.43 Å². The molecule has 0 radical (unpaired) electrons. The van der Waals surface area contributed by atoms with Gasteiger partial charge in [-0.2, -0.15) is 0 Å². The summed E-state index contributed by atoms with van der Waals surface area (Å²) >= 11 is 0.294. The van der Waals surface area contributed by atoms with Crippen molar-refractivity contribution in [2.24, 2.45) is 0 Å². The molecular weight excluding hydrogens is 270 g/mol. The van der Waals surface area contributed by atoms with Crippen molar-refractivity contribution in [1.29, 1.82) is 0 Å². The van der Waals surface area contributed by atoms with Crippen LogP contribution in [0.15, 0.2) is 17.0 Å². The van der Waals surface area contributed by atoms with Crippen molar-refractivity contribution in [3.63, 3.8) is 0 Å². The highest BCUT2D eigenvalue weighted by Crippen LogP contribution is 2.33. The highest BCUT2D eigenvalue weighted by Gasteiger charge is 2.22. The SMILES string of the molecule is CC(=O)Nc1cc(SC(F)C(F)F)c(C)cc1F. The van der Waals surface area contributed by atoms with Crippen LogP contribution >= 0.6 is 11.8 Å². The maximum Gasteiger partial charge on any atom is 0.278 e. The van der Waals surface area contributed by atoms with Gasteiger partial charge in [0.1, 0.15) is 5.82 Å². The number of hydrogen-bond acceptors (Lipinski definition) is 2. The molecule has 1 aromatic carbocycles. The molecule has 100 valence electrons. The molecule has 1 aromatic rings. The standard InChI is InChI=1S/C11H11F4NOS/c1-5-3-7(12)8(16-6(2)17)4-9(5)18-11(15)10(13)14/h3-4,10-11H,1-2H3,(H,16,17). The number of carbonyl (C=O) groups excluding carboxylic acids is 1. The second kappa shape index (κ2) is 6.08. The van der Waals surface area contributed by atoms with Crippen molar-refractivity contribution in [2.75, 3.05) is 5.32 Å². The van der Waals surface area contributed by atoms with Gasteiger partial charge in [-0.15, -0.1) is 0 Å². The summed E-state index contributed by atoms with van der Waals surface area (Å²) in [4.78, 5) is 11.0. The van der Waals surface area contributed by atoms with E-state index in [0.717, 1.165) is 12.1 Å². The highest BCUT2D eigenvalue weighted by molar-refractivity contribution is 7.99. The minimum Gasteiger partial charge on any atom is -0.324 e. The van der Waals surface area contributed by atoms with Crippen LogP contribution < -0.4 is 5.32 Å². The number of thioether (sulfide) groups is 1. The quantitative estimate of drug-likeness (QED) is 0.672. The summed E-state index contributed by atoms with van der Waals surface area (Å²) in [6.45, 7) is 2.66. The Morgan fingerprint density at radius 2 is 1.94 bits per heavy atom. The lowest BCUT2D eigenvalue weighted by Crippen LogP contribution is -2.09. The molecule has 1 amide bonds. The van der Waals surface area contributed by atoms with Crippen LogP contribution in [0.4, 0.5) is 23.2 Å². The van der Waals surface area contributed by atoms with Gasteiger partial charge in [-0.05, 0) is 24.6 Å². The van der Waals surface area contributed by atoms with E-state index in [1.54, 1.807) is 0 Å². The number of hydrogen-bond donors (Lipinski definition) is 1. The van der Waals surface area contributed by atoms with Gasteiger partial charge in [-0.25, -0.2) is 17.6 Å². The number of aryl methyl sites for hydroxylation is 1. The number of amides is 1. The summed E-state index contributed by atoms with van der Waals surface area (Å²) in [7, 11) is 0. The molecule has 0 aliphatic carbocycles. The number of halogens is 4. The molecule has 1 rings (SSSR count). The Labute approximate surface area is 106 Å². The summed E-state index contributed by atoms with van der Waals surface area (Å²) in [5.41, 5.74) is -2.22. The number of anilines is 1. The van der Waals surface area contributed by atoms with Crippen LogP contribution in [0.1, 0.15) is 12.5 Å². The molecule has 0 fully saturated rings. The zero-order chi connectivity index (χ0) is 13.9. The first-order chi connectivity index (χ1) is 8.31. The minimum absolute atomic E-state index is 0.155. The van der Waals surface area contributed by atoms with E-state index in [4.69, 9.17) is 0 Å². The summed E-state index contributed by atoms with van der Waals surface area (Å²) in [5.74, 6) is -1.20. The smallest absolute Gasteiger partial charge is 0.278 e. The second-order valence-corrected chi connectivity index (χ2v) is 4.71. The Balaban J connectivity index is 3.01. The number of rotatable bonds is 4. The molecular formula is C11H11F4NOS. The topological polar surface area (TPSA) is 29.1 Å². The molecule has 0 bridgehead atoms. The van der Waals surface area contributed by atoms with Gasteiger partial charge in [0, 0.05) is 11.8 Å². The van der Waals surface area contributed by atoms with Gasteiger partial charge in [-0.1, -0.05) is 11.8 Å². The lowest BCUT2D eigenvalue weighted by molar-refractivity contribution is -0.114. The Bertz CT molecular complexity index is 453. The van der Waals surface area contributed by atoms with E-state index < -0.39 is 23.7 Å². The third-order valence-corrected chi connectivity index (χ3v) is 3.14. The van der Waals surface area contributed by atoms with Crippen LogP contribution in [-0.2, 0) is 4.79 Å². The van der Waals surface area contributed by atoms with Gasteiger partial charge >= 0.3 is 0 Å². The van der Waals surface area contributed by atoms with Crippen LogP contribution in [0.5, 0.6) is 0 Å². The molecule has 0 saturated heterocycles. The van der Waals surface area contributed by atoms with Gasteiger partial charge in [0.2, 0.25) is 11.4 Å². The average molecular weight is 281 g/mol. The summed E-state index contributed by atoms with van der Waals surface area (Å²) in [6, 6.07) is 2.21. The molecule has 1 N–H and O–H groups in total. The van der Waals surface area contributed by atoms with Crippen LogP contribution in [0.25, 0.3) is 0 Å². The summed E-state index contributed by atoms with van der Waals surface area (Å²) in [6.07, 6.45) is -3.12. The molecule has 2 nitrogen and oxygen atoms in total. The fraction of sp³-hybridized carbons (Fsp3) is 0.364. The highest BCUT2D eigenvalue weighted by atomic mass is 32.2. The Kier molecular flexibility index (Phi) is 5.01. The second-order valence-electron chi connectivity index (χ2n) is 3.58.